The Bertz CT molecular complexity index is 1020. The molecule has 0 aliphatic rings. The van der Waals surface area contributed by atoms with Crippen molar-refractivity contribution in [1.29, 1.82) is 0 Å². The van der Waals surface area contributed by atoms with Crippen LogP contribution >= 0.6 is 0 Å². The van der Waals surface area contributed by atoms with E-state index in [2.05, 4.69) is 4.18 Å². The summed E-state index contributed by atoms with van der Waals surface area (Å²) in [5.74, 6) is -0.902. The zero-order valence-electron chi connectivity index (χ0n) is 13.6. The van der Waals surface area contributed by atoms with Gasteiger partial charge in [-0.05, 0) is 30.3 Å². The summed E-state index contributed by atoms with van der Waals surface area (Å²) in [6, 6.07) is 7.99. The predicted octanol–water partition coefficient (Wildman–Crippen LogP) is 2.72. The molecule has 0 aromatic heterocycles. The van der Waals surface area contributed by atoms with Crippen LogP contribution in [-0.4, -0.2) is 35.2 Å². The molecule has 0 radical (unpaired) electrons. The highest BCUT2D eigenvalue weighted by Crippen LogP contribution is 2.37. The molecule has 0 heterocycles. The van der Waals surface area contributed by atoms with Crippen molar-refractivity contribution in [3.05, 3.63) is 54.1 Å². The van der Waals surface area contributed by atoms with Gasteiger partial charge in [0.2, 0.25) is 10.0 Å². The Labute approximate surface area is 149 Å². The molecule has 2 rings (SSSR count). The number of hydrogen-bond acceptors (Lipinski definition) is 5. The van der Waals surface area contributed by atoms with E-state index in [1.54, 1.807) is 0 Å². The fraction of sp³-hybridized carbons (Fsp3) is 0.200. The maximum Gasteiger partial charge on any atom is 0.420 e. The van der Waals surface area contributed by atoms with Gasteiger partial charge in [-0.1, -0.05) is 18.2 Å². The Morgan fingerprint density at radius 3 is 2.04 bits per heavy atom. The number of hydrogen-bond donors (Lipinski definition) is 0. The smallest absolute Gasteiger partial charge is 0.378 e. The second kappa shape index (κ2) is 6.89. The minimum absolute atomic E-state index is 0.337. The molecule has 0 saturated carbocycles. The molecule has 0 aliphatic carbocycles. The van der Waals surface area contributed by atoms with Crippen molar-refractivity contribution in [1.82, 2.24) is 4.31 Å². The molecule has 0 spiro atoms. The first kappa shape index (κ1) is 20.2. The average molecular weight is 409 g/mol. The zero-order chi connectivity index (χ0) is 19.8. The van der Waals surface area contributed by atoms with Gasteiger partial charge in [0, 0.05) is 14.1 Å². The molecule has 0 N–H and O–H groups in total. The van der Waals surface area contributed by atoms with E-state index in [9.17, 15) is 30.0 Å². The van der Waals surface area contributed by atoms with Crippen molar-refractivity contribution in [2.45, 2.75) is 16.0 Å². The van der Waals surface area contributed by atoms with Crippen LogP contribution in [0.5, 0.6) is 5.75 Å². The molecule has 0 unspecified atom stereocenters. The van der Waals surface area contributed by atoms with Crippen molar-refractivity contribution < 1.29 is 34.2 Å². The van der Waals surface area contributed by atoms with Crippen LogP contribution in [0.15, 0.2) is 58.3 Å². The van der Waals surface area contributed by atoms with Gasteiger partial charge in [-0.15, -0.1) is 0 Å². The van der Waals surface area contributed by atoms with E-state index < -0.39 is 42.5 Å². The fourth-order valence-corrected chi connectivity index (χ4v) is 3.96. The van der Waals surface area contributed by atoms with E-state index in [-0.39, 0.29) is 4.90 Å². The van der Waals surface area contributed by atoms with Gasteiger partial charge in [-0.2, -0.15) is 21.6 Å². The topological polar surface area (TPSA) is 80.8 Å². The van der Waals surface area contributed by atoms with E-state index >= 15 is 0 Å². The first-order valence-electron chi connectivity index (χ1n) is 6.99. The molecule has 0 aliphatic heterocycles. The maximum atomic E-state index is 13.0. The SMILES string of the molecule is CN(C)S(=O)(=O)c1cccc(S(=O)(=O)Oc2ccccc2C(F)(F)F)c1. The van der Waals surface area contributed by atoms with Gasteiger partial charge in [0.05, 0.1) is 10.5 Å². The minimum atomic E-state index is -4.82. The number of para-hydroxylation sites is 1. The number of sulfonamides is 1. The summed E-state index contributed by atoms with van der Waals surface area (Å²) in [4.78, 5) is -0.923. The third-order valence-corrected chi connectivity index (χ3v) is 6.31. The van der Waals surface area contributed by atoms with Crippen LogP contribution in [0.3, 0.4) is 0 Å². The quantitative estimate of drug-likeness (QED) is 0.710. The van der Waals surface area contributed by atoms with Gasteiger partial charge in [0.25, 0.3) is 0 Å². The Kier molecular flexibility index (Phi) is 5.36. The van der Waals surface area contributed by atoms with Crippen LogP contribution in [0.1, 0.15) is 5.56 Å². The van der Waals surface area contributed by atoms with Gasteiger partial charge in [0.1, 0.15) is 4.90 Å². The van der Waals surface area contributed by atoms with Crippen LogP contribution in [0.25, 0.3) is 0 Å². The summed E-state index contributed by atoms with van der Waals surface area (Å²) in [6.07, 6.45) is -4.82. The highest BCUT2D eigenvalue weighted by Gasteiger charge is 2.35. The highest BCUT2D eigenvalue weighted by atomic mass is 32.2. The molecule has 0 atom stereocenters. The zero-order valence-corrected chi connectivity index (χ0v) is 15.2. The molecular weight excluding hydrogens is 395 g/mol. The Morgan fingerprint density at radius 1 is 0.885 bits per heavy atom. The summed E-state index contributed by atoms with van der Waals surface area (Å²) in [6.45, 7) is 0. The average Bonchev–Trinajstić information content (AvgIpc) is 2.54. The second-order valence-electron chi connectivity index (χ2n) is 5.29. The third kappa shape index (κ3) is 4.17. The van der Waals surface area contributed by atoms with Gasteiger partial charge in [-0.25, -0.2) is 12.7 Å². The van der Waals surface area contributed by atoms with Crippen LogP contribution in [0.4, 0.5) is 13.2 Å². The van der Waals surface area contributed by atoms with E-state index in [4.69, 9.17) is 0 Å². The first-order chi connectivity index (χ1) is 11.9. The molecule has 2 aromatic rings. The van der Waals surface area contributed by atoms with Crippen molar-refractivity contribution in [3.63, 3.8) is 0 Å². The largest absolute Gasteiger partial charge is 0.420 e. The van der Waals surface area contributed by atoms with Crippen LogP contribution in [-0.2, 0) is 26.3 Å². The lowest BCUT2D eigenvalue weighted by Crippen LogP contribution is -2.22. The van der Waals surface area contributed by atoms with Crippen molar-refractivity contribution in [3.8, 4) is 5.75 Å². The molecule has 0 amide bonds. The summed E-state index contributed by atoms with van der Waals surface area (Å²) in [7, 11) is -6.11. The molecule has 6 nitrogen and oxygen atoms in total. The van der Waals surface area contributed by atoms with Crippen LogP contribution in [0, 0.1) is 0 Å². The van der Waals surface area contributed by atoms with Crippen LogP contribution < -0.4 is 4.18 Å². The first-order valence-corrected chi connectivity index (χ1v) is 9.84. The summed E-state index contributed by atoms with van der Waals surface area (Å²) >= 11 is 0. The number of nitrogens with zero attached hydrogens (tertiary/aromatic N) is 1. The van der Waals surface area contributed by atoms with E-state index in [0.717, 1.165) is 40.7 Å². The van der Waals surface area contributed by atoms with Gasteiger partial charge >= 0.3 is 16.3 Å². The van der Waals surface area contributed by atoms with Crippen molar-refractivity contribution in [2.75, 3.05) is 14.1 Å². The number of alkyl halides is 3. The van der Waals surface area contributed by atoms with Gasteiger partial charge < -0.3 is 4.18 Å². The molecule has 142 valence electrons. The maximum absolute atomic E-state index is 13.0. The Hall–Kier alpha value is -2.11. The lowest BCUT2D eigenvalue weighted by molar-refractivity contribution is -0.138. The van der Waals surface area contributed by atoms with E-state index in [1.165, 1.54) is 20.2 Å². The van der Waals surface area contributed by atoms with Gasteiger partial charge in [-0.3, -0.25) is 0 Å². The van der Waals surface area contributed by atoms with Gasteiger partial charge in [0.15, 0.2) is 5.75 Å². The highest BCUT2D eigenvalue weighted by molar-refractivity contribution is 7.89. The lowest BCUT2D eigenvalue weighted by atomic mass is 10.2. The van der Waals surface area contributed by atoms with Crippen molar-refractivity contribution in [2.24, 2.45) is 0 Å². The van der Waals surface area contributed by atoms with E-state index in [1.807, 2.05) is 0 Å². The normalized spacial score (nSPS) is 13.0. The molecule has 0 saturated heterocycles. The Balaban J connectivity index is 2.48. The lowest BCUT2D eigenvalue weighted by Gasteiger charge is -2.15. The fourth-order valence-electron chi connectivity index (χ4n) is 1.94. The molecule has 0 bridgehead atoms. The Morgan fingerprint density at radius 2 is 1.46 bits per heavy atom. The van der Waals surface area contributed by atoms with Crippen molar-refractivity contribution >= 4 is 20.1 Å². The summed E-state index contributed by atoms with van der Waals surface area (Å²) in [5.41, 5.74) is -1.26. The molecule has 2 aromatic carbocycles. The number of halogens is 3. The molecular formula is C15H14F3NO5S2. The summed E-state index contributed by atoms with van der Waals surface area (Å²) < 4.78 is 93.3. The number of rotatable bonds is 5. The monoisotopic (exact) mass is 409 g/mol. The molecule has 0 fully saturated rings. The molecule has 11 heteroatoms. The summed E-state index contributed by atoms with van der Waals surface area (Å²) in [5, 5.41) is 0. The predicted molar refractivity (Wildman–Crippen MR) is 86.6 cm³/mol. The standard InChI is InChI=1S/C15H14F3NO5S2/c1-19(2)25(20,21)11-6-5-7-12(10-11)26(22,23)24-14-9-4-3-8-13(14)15(16,17)18/h3-10H,1-2H3. The van der Waals surface area contributed by atoms with E-state index in [0.29, 0.717) is 6.07 Å². The second-order valence-corrected chi connectivity index (χ2v) is 8.99. The number of benzene rings is 2. The minimum Gasteiger partial charge on any atom is -0.378 e. The third-order valence-electron chi connectivity index (χ3n) is 3.26. The molecule has 26 heavy (non-hydrogen) atoms. The van der Waals surface area contributed by atoms with Crippen LogP contribution in [0.2, 0.25) is 0 Å².